The number of nitrogens with one attached hydrogen (secondary N) is 2. The molecule has 38 heavy (non-hydrogen) atoms. The van der Waals surface area contributed by atoms with Gasteiger partial charge in [0.15, 0.2) is 0 Å². The van der Waals surface area contributed by atoms with Gasteiger partial charge in [-0.3, -0.25) is 9.59 Å². The highest BCUT2D eigenvalue weighted by molar-refractivity contribution is 6.03. The van der Waals surface area contributed by atoms with Crippen molar-refractivity contribution in [2.75, 3.05) is 17.2 Å². The van der Waals surface area contributed by atoms with E-state index >= 15 is 0 Å². The molecule has 1 unspecified atom stereocenters. The molecule has 4 rings (SSSR count). The summed E-state index contributed by atoms with van der Waals surface area (Å²) in [6.07, 6.45) is -1.16. The lowest BCUT2D eigenvalue weighted by Gasteiger charge is -2.23. The zero-order chi connectivity index (χ0) is 27.3. The Morgan fingerprint density at radius 2 is 1.74 bits per heavy atom. The number of carbonyl (C=O) groups excluding carboxylic acids is 2. The van der Waals surface area contributed by atoms with Crippen molar-refractivity contribution < 1.29 is 32.6 Å². The number of amides is 2. The summed E-state index contributed by atoms with van der Waals surface area (Å²) in [6, 6.07) is 16.9. The van der Waals surface area contributed by atoms with Gasteiger partial charge in [-0.1, -0.05) is 42.5 Å². The Bertz CT molecular complexity index is 1380. The normalized spacial score (nSPS) is 15.7. The molecule has 0 radical (unpaired) electrons. The Hall–Kier alpha value is -4.37. The molecule has 0 bridgehead atoms. The number of aliphatic hydroxyl groups excluding tert-OH is 1. The molecule has 6 nitrogen and oxygen atoms in total. The van der Waals surface area contributed by atoms with Gasteiger partial charge in [-0.2, -0.15) is 13.2 Å². The molecule has 0 spiro atoms. The molecule has 3 N–H and O–H groups in total. The van der Waals surface area contributed by atoms with Gasteiger partial charge in [-0.05, 0) is 60.0 Å². The number of hydrogen-bond donors (Lipinski definition) is 3. The van der Waals surface area contributed by atoms with Gasteiger partial charge in [0.1, 0.15) is 11.9 Å². The summed E-state index contributed by atoms with van der Waals surface area (Å²) in [5.74, 6) is -0.305. The standard InChI is InChI=1S/C29H25F3N2O4/c1-2-38-21-15-11-19(12-16-21)22(18-9-13-20(14-10-18)29(30,31)32)5-3-8-27(36)33-24-6-4-7-25-23(24)17-26(35)28(37)34-25/h3-16,26,35H,2,17H2,1H3,(H,33,36)(H,34,37). The molecule has 9 heteroatoms. The molecule has 0 aliphatic carbocycles. The Kier molecular flexibility index (Phi) is 7.97. The maximum atomic E-state index is 13.1. The van der Waals surface area contributed by atoms with Crippen LogP contribution >= 0.6 is 0 Å². The molecule has 0 aromatic heterocycles. The van der Waals surface area contributed by atoms with Gasteiger partial charge in [0.2, 0.25) is 5.91 Å². The molecule has 1 aliphatic heterocycles. The van der Waals surface area contributed by atoms with Crippen LogP contribution in [0.2, 0.25) is 0 Å². The van der Waals surface area contributed by atoms with Crippen LogP contribution in [0, 0.1) is 0 Å². The van der Waals surface area contributed by atoms with Crippen molar-refractivity contribution in [3.8, 4) is 5.75 Å². The minimum absolute atomic E-state index is 0.0665. The fourth-order valence-corrected chi connectivity index (χ4v) is 4.04. The highest BCUT2D eigenvalue weighted by atomic mass is 19.4. The number of aliphatic hydroxyl groups is 1. The van der Waals surface area contributed by atoms with Crippen LogP contribution in [-0.2, 0) is 22.2 Å². The van der Waals surface area contributed by atoms with Crippen LogP contribution in [-0.4, -0.2) is 29.6 Å². The molecule has 0 fully saturated rings. The average Bonchev–Trinajstić information content (AvgIpc) is 2.88. The van der Waals surface area contributed by atoms with Crippen molar-refractivity contribution in [3.05, 3.63) is 107 Å². The predicted molar refractivity (Wildman–Crippen MR) is 139 cm³/mol. The Balaban J connectivity index is 1.59. The minimum atomic E-state index is -4.45. The first-order chi connectivity index (χ1) is 18.2. The van der Waals surface area contributed by atoms with Crippen molar-refractivity contribution in [2.24, 2.45) is 0 Å². The summed E-state index contributed by atoms with van der Waals surface area (Å²) >= 11 is 0. The molecule has 0 saturated carbocycles. The average molecular weight is 523 g/mol. The van der Waals surface area contributed by atoms with Gasteiger partial charge in [0.25, 0.3) is 5.91 Å². The Labute approximate surface area is 217 Å². The number of anilines is 2. The van der Waals surface area contributed by atoms with Crippen LogP contribution in [0.5, 0.6) is 5.75 Å². The first-order valence-corrected chi connectivity index (χ1v) is 11.9. The van der Waals surface area contributed by atoms with Gasteiger partial charge in [-0.25, -0.2) is 0 Å². The second kappa shape index (κ2) is 11.4. The summed E-state index contributed by atoms with van der Waals surface area (Å²) in [6.45, 7) is 2.36. The molecular weight excluding hydrogens is 497 g/mol. The summed E-state index contributed by atoms with van der Waals surface area (Å²) < 4.78 is 44.6. The zero-order valence-corrected chi connectivity index (χ0v) is 20.4. The minimum Gasteiger partial charge on any atom is -0.494 e. The third-order valence-corrected chi connectivity index (χ3v) is 5.90. The zero-order valence-electron chi connectivity index (χ0n) is 20.4. The van der Waals surface area contributed by atoms with Crippen molar-refractivity contribution in [2.45, 2.75) is 25.6 Å². The van der Waals surface area contributed by atoms with E-state index in [0.717, 1.165) is 17.7 Å². The first kappa shape index (κ1) is 26.7. The number of halogens is 3. The fraction of sp³-hybridized carbons (Fsp3) is 0.172. The molecule has 3 aromatic rings. The van der Waals surface area contributed by atoms with Crippen LogP contribution in [0.4, 0.5) is 24.5 Å². The lowest BCUT2D eigenvalue weighted by Crippen LogP contribution is -2.34. The molecule has 3 aromatic carbocycles. The topological polar surface area (TPSA) is 87.7 Å². The maximum Gasteiger partial charge on any atom is 0.416 e. The first-order valence-electron chi connectivity index (χ1n) is 11.9. The molecule has 2 amide bonds. The summed E-state index contributed by atoms with van der Waals surface area (Å²) in [4.78, 5) is 24.4. The number of allylic oxidation sites excluding steroid dienone is 2. The Morgan fingerprint density at radius 1 is 1.08 bits per heavy atom. The van der Waals surface area contributed by atoms with Gasteiger partial charge < -0.3 is 20.5 Å². The van der Waals surface area contributed by atoms with Gasteiger partial charge in [-0.15, -0.1) is 0 Å². The summed E-state index contributed by atoms with van der Waals surface area (Å²) in [5, 5.41) is 15.2. The largest absolute Gasteiger partial charge is 0.494 e. The van der Waals surface area contributed by atoms with Gasteiger partial charge >= 0.3 is 6.18 Å². The fourth-order valence-electron chi connectivity index (χ4n) is 4.04. The van der Waals surface area contributed by atoms with E-state index in [1.807, 2.05) is 6.92 Å². The van der Waals surface area contributed by atoms with Crippen LogP contribution in [0.15, 0.2) is 85.0 Å². The van der Waals surface area contributed by atoms with E-state index in [9.17, 15) is 27.9 Å². The van der Waals surface area contributed by atoms with Crippen molar-refractivity contribution in [3.63, 3.8) is 0 Å². The second-order valence-corrected chi connectivity index (χ2v) is 8.50. The third kappa shape index (κ3) is 6.30. The molecule has 1 atom stereocenters. The van der Waals surface area contributed by atoms with E-state index in [-0.39, 0.29) is 6.42 Å². The van der Waals surface area contributed by atoms with E-state index in [1.165, 1.54) is 24.3 Å². The summed E-state index contributed by atoms with van der Waals surface area (Å²) in [5.41, 5.74) is 2.69. The van der Waals surface area contributed by atoms with Crippen LogP contribution in [0.1, 0.15) is 29.2 Å². The number of benzene rings is 3. The van der Waals surface area contributed by atoms with Crippen LogP contribution in [0.3, 0.4) is 0 Å². The number of ether oxygens (including phenoxy) is 1. The molecule has 1 aliphatic rings. The highest BCUT2D eigenvalue weighted by Gasteiger charge is 2.30. The van der Waals surface area contributed by atoms with E-state index in [4.69, 9.17) is 4.74 Å². The SMILES string of the molecule is CCOc1ccc(C(=CC=CC(=O)Nc2cccc3c2CC(O)C(=O)N3)c2ccc(C(F)(F)F)cc2)cc1. The number of fused-ring (bicyclic) bond motifs is 1. The van der Waals surface area contributed by atoms with Crippen LogP contribution < -0.4 is 15.4 Å². The number of carbonyl (C=O) groups is 2. The molecule has 196 valence electrons. The van der Waals surface area contributed by atoms with Crippen LogP contribution in [0.25, 0.3) is 5.57 Å². The molecular formula is C29H25F3N2O4. The van der Waals surface area contributed by atoms with E-state index in [0.29, 0.717) is 40.4 Å². The monoisotopic (exact) mass is 522 g/mol. The van der Waals surface area contributed by atoms with Crippen molar-refractivity contribution >= 4 is 28.8 Å². The van der Waals surface area contributed by atoms with Gasteiger partial charge in [0, 0.05) is 29.4 Å². The van der Waals surface area contributed by atoms with E-state index < -0.39 is 29.7 Å². The second-order valence-electron chi connectivity index (χ2n) is 8.50. The number of hydrogen-bond acceptors (Lipinski definition) is 4. The van der Waals surface area contributed by atoms with Crippen molar-refractivity contribution in [1.82, 2.24) is 0 Å². The predicted octanol–water partition coefficient (Wildman–Crippen LogP) is 5.59. The number of rotatable bonds is 7. The van der Waals surface area contributed by atoms with Crippen molar-refractivity contribution in [1.29, 1.82) is 0 Å². The third-order valence-electron chi connectivity index (χ3n) is 5.90. The lowest BCUT2D eigenvalue weighted by atomic mass is 9.96. The summed E-state index contributed by atoms with van der Waals surface area (Å²) in [7, 11) is 0. The number of alkyl halides is 3. The molecule has 0 saturated heterocycles. The highest BCUT2D eigenvalue weighted by Crippen LogP contribution is 2.32. The smallest absolute Gasteiger partial charge is 0.416 e. The van der Waals surface area contributed by atoms with Gasteiger partial charge in [0.05, 0.1) is 12.2 Å². The maximum absolute atomic E-state index is 13.1. The lowest BCUT2D eigenvalue weighted by molar-refractivity contribution is -0.137. The Morgan fingerprint density at radius 3 is 2.37 bits per heavy atom. The molecule has 1 heterocycles. The quantitative estimate of drug-likeness (QED) is 0.279. The van der Waals surface area contributed by atoms with E-state index in [1.54, 1.807) is 48.5 Å². The van der Waals surface area contributed by atoms with E-state index in [2.05, 4.69) is 10.6 Å².